The highest BCUT2D eigenvalue weighted by Crippen LogP contribution is 2.42. The highest BCUT2D eigenvalue weighted by molar-refractivity contribution is 7.26. The Morgan fingerprint density at radius 2 is 1.29 bits per heavy atom. The summed E-state index contributed by atoms with van der Waals surface area (Å²) in [5.41, 5.74) is 10.3. The lowest BCUT2D eigenvalue weighted by Gasteiger charge is -2.16. The smallest absolute Gasteiger partial charge is 0.0544 e. The largest absolute Gasteiger partial charge is 0.353 e. The van der Waals surface area contributed by atoms with Crippen LogP contribution in [0.1, 0.15) is 24.0 Å². The predicted octanol–water partition coefficient (Wildman–Crippen LogP) is 11.8. The summed E-state index contributed by atoms with van der Waals surface area (Å²) in [5, 5.41) is 7.80. The molecule has 9 rings (SSSR count). The number of nitrogens with one attached hydrogen (secondary N) is 1. The number of H-pyrrole nitrogens is 1. The van der Waals surface area contributed by atoms with Crippen LogP contribution in [0.5, 0.6) is 0 Å². The molecule has 1 nitrogen and oxygen atoms in total. The third kappa shape index (κ3) is 3.62. The van der Waals surface area contributed by atoms with Crippen LogP contribution in [-0.4, -0.2) is 4.98 Å². The van der Waals surface area contributed by atoms with E-state index in [1.165, 1.54) is 86.2 Å². The molecule has 0 fully saturated rings. The van der Waals surface area contributed by atoms with E-state index in [2.05, 4.69) is 138 Å². The molecule has 1 N–H and O–H groups in total. The van der Waals surface area contributed by atoms with Gasteiger partial charge in [-0.25, -0.2) is 0 Å². The quantitative estimate of drug-likeness (QED) is 0.224. The Morgan fingerprint density at radius 3 is 2.24 bits per heavy atom. The van der Waals surface area contributed by atoms with Gasteiger partial charge in [0.25, 0.3) is 0 Å². The SMILES string of the molecule is C1=C(c2cccc(-c3cccc4c3[nH]c3c5ccccc5ccc43)c2)CCC=C1c1cccc2c1sc1ccccc12. The molecule has 0 radical (unpaired) electrons. The average molecular weight is 554 g/mol. The Kier molecular flexibility index (Phi) is 5.26. The summed E-state index contributed by atoms with van der Waals surface area (Å²) >= 11 is 1.91. The van der Waals surface area contributed by atoms with Crippen LogP contribution in [0.15, 0.2) is 133 Å². The van der Waals surface area contributed by atoms with Gasteiger partial charge in [-0.15, -0.1) is 11.3 Å². The minimum Gasteiger partial charge on any atom is -0.353 e. The van der Waals surface area contributed by atoms with E-state index in [9.17, 15) is 0 Å². The highest BCUT2D eigenvalue weighted by Gasteiger charge is 2.16. The van der Waals surface area contributed by atoms with Crippen molar-refractivity contribution >= 4 is 75.2 Å². The van der Waals surface area contributed by atoms with Crippen molar-refractivity contribution < 1.29 is 0 Å². The van der Waals surface area contributed by atoms with Crippen LogP contribution < -0.4 is 0 Å². The van der Waals surface area contributed by atoms with E-state index in [1.54, 1.807) is 0 Å². The number of aromatic nitrogens is 1. The highest BCUT2D eigenvalue weighted by atomic mass is 32.1. The van der Waals surface area contributed by atoms with Gasteiger partial charge in [-0.2, -0.15) is 0 Å². The number of aromatic amines is 1. The molecule has 0 saturated carbocycles. The lowest BCUT2D eigenvalue weighted by atomic mass is 9.89. The number of fused-ring (bicyclic) bond motifs is 8. The molecule has 0 aliphatic heterocycles. The maximum atomic E-state index is 3.82. The first-order chi connectivity index (χ1) is 20.8. The van der Waals surface area contributed by atoms with Crippen molar-refractivity contribution in [3.05, 3.63) is 145 Å². The standard InChI is InChI=1S/C40H27NS/c1-2-14-30-25(9-1)21-22-35-34-18-7-16-31(39(34)41-38(30)35)28-12-5-10-26(23-28)27-11-6-13-29(24-27)32-17-8-19-36-33-15-3-4-20-37(33)42-40(32)36/h1-5,7-10,12-24,41H,6,11H2. The summed E-state index contributed by atoms with van der Waals surface area (Å²) in [5.74, 6) is 0. The second-order valence-electron chi connectivity index (χ2n) is 11.3. The minimum absolute atomic E-state index is 1.05. The zero-order valence-corrected chi connectivity index (χ0v) is 23.8. The number of benzene rings is 6. The average Bonchev–Trinajstić information content (AvgIpc) is 3.64. The zero-order chi connectivity index (χ0) is 27.6. The monoisotopic (exact) mass is 553 g/mol. The second kappa shape index (κ2) is 9.30. The van der Waals surface area contributed by atoms with Crippen molar-refractivity contribution in [3.63, 3.8) is 0 Å². The van der Waals surface area contributed by atoms with Crippen LogP contribution >= 0.6 is 11.3 Å². The zero-order valence-electron chi connectivity index (χ0n) is 23.0. The van der Waals surface area contributed by atoms with Gasteiger partial charge >= 0.3 is 0 Å². The summed E-state index contributed by atoms with van der Waals surface area (Å²) < 4.78 is 2.74. The molecule has 1 aliphatic carbocycles. The van der Waals surface area contributed by atoms with Crippen molar-refractivity contribution in [2.45, 2.75) is 12.8 Å². The van der Waals surface area contributed by atoms with Crippen molar-refractivity contribution in [1.82, 2.24) is 4.98 Å². The second-order valence-corrected chi connectivity index (χ2v) is 12.3. The molecule has 8 aromatic rings. The van der Waals surface area contributed by atoms with Gasteiger partial charge in [0, 0.05) is 41.9 Å². The molecule has 0 bridgehead atoms. The van der Waals surface area contributed by atoms with Crippen molar-refractivity contribution in [2.75, 3.05) is 0 Å². The molecule has 42 heavy (non-hydrogen) atoms. The van der Waals surface area contributed by atoms with Gasteiger partial charge in [0.2, 0.25) is 0 Å². The fraction of sp³-hybridized carbons (Fsp3) is 0.0500. The Hall–Kier alpha value is -4.92. The van der Waals surface area contributed by atoms with Gasteiger partial charge in [0.15, 0.2) is 0 Å². The van der Waals surface area contributed by atoms with Crippen LogP contribution in [-0.2, 0) is 0 Å². The molecule has 1 aliphatic rings. The molecule has 0 unspecified atom stereocenters. The molecule has 6 aromatic carbocycles. The topological polar surface area (TPSA) is 15.8 Å². The van der Waals surface area contributed by atoms with Gasteiger partial charge in [-0.05, 0) is 58.2 Å². The van der Waals surface area contributed by atoms with Gasteiger partial charge in [-0.3, -0.25) is 0 Å². The summed E-state index contributed by atoms with van der Waals surface area (Å²) in [6.07, 6.45) is 6.95. The Morgan fingerprint density at radius 1 is 0.548 bits per heavy atom. The molecular formula is C40H27NS. The maximum absolute atomic E-state index is 3.82. The van der Waals surface area contributed by atoms with Crippen LogP contribution in [0.4, 0.5) is 0 Å². The molecular weight excluding hydrogens is 527 g/mol. The van der Waals surface area contributed by atoms with Crippen molar-refractivity contribution in [3.8, 4) is 11.1 Å². The van der Waals surface area contributed by atoms with Crippen LogP contribution in [0.3, 0.4) is 0 Å². The van der Waals surface area contributed by atoms with E-state index in [1.807, 2.05) is 11.3 Å². The predicted molar refractivity (Wildman–Crippen MR) is 183 cm³/mol. The van der Waals surface area contributed by atoms with E-state index in [0.717, 1.165) is 12.8 Å². The normalized spacial score (nSPS) is 13.8. The number of thiophene rings is 1. The van der Waals surface area contributed by atoms with E-state index in [0.29, 0.717) is 0 Å². The Bertz CT molecular complexity index is 2410. The van der Waals surface area contributed by atoms with Gasteiger partial charge in [0.05, 0.1) is 11.0 Å². The first-order valence-electron chi connectivity index (χ1n) is 14.7. The fourth-order valence-electron chi connectivity index (χ4n) is 6.89. The van der Waals surface area contributed by atoms with Crippen molar-refractivity contribution in [1.29, 1.82) is 0 Å². The Labute approximate surface area is 248 Å². The van der Waals surface area contributed by atoms with Crippen molar-refractivity contribution in [2.24, 2.45) is 0 Å². The summed E-state index contributed by atoms with van der Waals surface area (Å²) in [6.45, 7) is 0. The van der Waals surface area contributed by atoms with Crippen LogP contribution in [0.25, 0.3) is 75.0 Å². The lowest BCUT2D eigenvalue weighted by Crippen LogP contribution is -1.94. The molecule has 0 amide bonds. The first-order valence-corrected chi connectivity index (χ1v) is 15.5. The van der Waals surface area contributed by atoms with Gasteiger partial charge in [-0.1, -0.05) is 121 Å². The summed E-state index contributed by atoms with van der Waals surface area (Å²) in [4.78, 5) is 3.82. The Balaban J connectivity index is 1.15. The molecule has 2 aromatic heterocycles. The maximum Gasteiger partial charge on any atom is 0.0544 e. The van der Waals surface area contributed by atoms with E-state index < -0.39 is 0 Å². The third-order valence-electron chi connectivity index (χ3n) is 8.90. The number of allylic oxidation sites excluding steroid dienone is 4. The van der Waals surface area contributed by atoms with Crippen LogP contribution in [0.2, 0.25) is 0 Å². The fourth-order valence-corrected chi connectivity index (χ4v) is 8.12. The summed E-state index contributed by atoms with van der Waals surface area (Å²) in [6, 6.07) is 44.5. The molecule has 0 saturated heterocycles. The number of hydrogen-bond acceptors (Lipinski definition) is 1. The van der Waals surface area contributed by atoms with E-state index in [4.69, 9.17) is 0 Å². The van der Waals surface area contributed by atoms with E-state index >= 15 is 0 Å². The summed E-state index contributed by atoms with van der Waals surface area (Å²) in [7, 11) is 0. The number of para-hydroxylation sites is 1. The molecule has 2 heteroatoms. The minimum atomic E-state index is 1.05. The number of hydrogen-bond donors (Lipinski definition) is 1. The lowest BCUT2D eigenvalue weighted by molar-refractivity contribution is 1.06. The molecule has 0 atom stereocenters. The molecule has 0 spiro atoms. The van der Waals surface area contributed by atoms with Gasteiger partial charge in [0.1, 0.15) is 0 Å². The molecule has 2 heterocycles. The van der Waals surface area contributed by atoms with Gasteiger partial charge < -0.3 is 4.98 Å². The molecule has 198 valence electrons. The first kappa shape index (κ1) is 23.8. The van der Waals surface area contributed by atoms with Crippen LogP contribution in [0, 0.1) is 0 Å². The third-order valence-corrected chi connectivity index (χ3v) is 10.1. The number of rotatable bonds is 3. The van der Waals surface area contributed by atoms with E-state index in [-0.39, 0.29) is 0 Å².